The Morgan fingerprint density at radius 1 is 1.38 bits per heavy atom. The third kappa shape index (κ3) is 2.70. The van der Waals surface area contributed by atoms with Gasteiger partial charge in [-0.2, -0.15) is 24.4 Å². The lowest BCUT2D eigenvalue weighted by Crippen LogP contribution is -2.45. The molecule has 0 spiro atoms. The van der Waals surface area contributed by atoms with Gasteiger partial charge in [0, 0.05) is 17.7 Å². The van der Waals surface area contributed by atoms with Crippen molar-refractivity contribution < 1.29 is 4.79 Å². The monoisotopic (exact) mass is 259 g/mol. The van der Waals surface area contributed by atoms with Gasteiger partial charge in [-0.05, 0) is 43.1 Å². The highest BCUT2D eigenvalue weighted by atomic mass is 32.2. The first-order valence-electron chi connectivity index (χ1n) is 6.06. The first kappa shape index (κ1) is 12.6. The van der Waals surface area contributed by atoms with E-state index in [0.717, 1.165) is 12.3 Å². The SMILES string of the molecule is CSC1(CNC(=O)CC2(CS)CC2)CCC1. The van der Waals surface area contributed by atoms with E-state index in [1.807, 2.05) is 11.8 Å². The summed E-state index contributed by atoms with van der Waals surface area (Å²) < 4.78 is 0.355. The van der Waals surface area contributed by atoms with E-state index in [4.69, 9.17) is 0 Å². The fourth-order valence-electron chi connectivity index (χ4n) is 2.25. The van der Waals surface area contributed by atoms with Gasteiger partial charge in [-0.15, -0.1) is 0 Å². The largest absolute Gasteiger partial charge is 0.355 e. The van der Waals surface area contributed by atoms with Crippen LogP contribution in [0.25, 0.3) is 0 Å². The van der Waals surface area contributed by atoms with Crippen LogP contribution < -0.4 is 5.32 Å². The Hall–Kier alpha value is 0.170. The number of nitrogens with one attached hydrogen (secondary N) is 1. The Morgan fingerprint density at radius 2 is 2.06 bits per heavy atom. The smallest absolute Gasteiger partial charge is 0.220 e. The van der Waals surface area contributed by atoms with Crippen molar-refractivity contribution in [3.63, 3.8) is 0 Å². The lowest BCUT2D eigenvalue weighted by atomic mass is 9.84. The maximum atomic E-state index is 11.8. The molecular weight excluding hydrogens is 238 g/mol. The van der Waals surface area contributed by atoms with E-state index < -0.39 is 0 Å². The predicted octanol–water partition coefficient (Wildman–Crippen LogP) is 2.49. The van der Waals surface area contributed by atoms with Gasteiger partial charge in [-0.1, -0.05) is 6.42 Å². The van der Waals surface area contributed by atoms with E-state index in [1.165, 1.54) is 32.1 Å². The molecule has 0 aromatic heterocycles. The summed E-state index contributed by atoms with van der Waals surface area (Å²) in [5.74, 6) is 1.08. The molecule has 2 rings (SSSR count). The molecule has 16 heavy (non-hydrogen) atoms. The van der Waals surface area contributed by atoms with Gasteiger partial charge in [0.25, 0.3) is 0 Å². The van der Waals surface area contributed by atoms with Crippen LogP contribution in [0.3, 0.4) is 0 Å². The molecule has 2 fully saturated rings. The van der Waals surface area contributed by atoms with E-state index in [-0.39, 0.29) is 11.3 Å². The minimum Gasteiger partial charge on any atom is -0.355 e. The molecule has 2 aliphatic carbocycles. The molecule has 0 saturated heterocycles. The van der Waals surface area contributed by atoms with Crippen LogP contribution in [-0.4, -0.2) is 29.2 Å². The van der Waals surface area contributed by atoms with Gasteiger partial charge in [0.05, 0.1) is 0 Å². The molecule has 1 amide bonds. The lowest BCUT2D eigenvalue weighted by Gasteiger charge is -2.40. The maximum absolute atomic E-state index is 11.8. The van der Waals surface area contributed by atoms with Gasteiger partial charge >= 0.3 is 0 Å². The quantitative estimate of drug-likeness (QED) is 0.718. The summed E-state index contributed by atoms with van der Waals surface area (Å²) in [5.41, 5.74) is 0.249. The summed E-state index contributed by atoms with van der Waals surface area (Å²) in [6.45, 7) is 0.857. The minimum atomic E-state index is 0.229. The highest BCUT2D eigenvalue weighted by molar-refractivity contribution is 8.00. The van der Waals surface area contributed by atoms with Crippen LogP contribution >= 0.6 is 24.4 Å². The molecule has 1 N–H and O–H groups in total. The number of hydrogen-bond donors (Lipinski definition) is 2. The van der Waals surface area contributed by atoms with Crippen molar-refractivity contribution in [1.82, 2.24) is 5.32 Å². The topological polar surface area (TPSA) is 29.1 Å². The van der Waals surface area contributed by atoms with Gasteiger partial charge < -0.3 is 5.32 Å². The Morgan fingerprint density at radius 3 is 2.44 bits per heavy atom. The summed E-state index contributed by atoms with van der Waals surface area (Å²) in [6.07, 6.45) is 9.02. The number of amides is 1. The van der Waals surface area contributed by atoms with Crippen molar-refractivity contribution in [2.24, 2.45) is 5.41 Å². The second kappa shape index (κ2) is 4.81. The highest BCUT2D eigenvalue weighted by Crippen LogP contribution is 2.49. The fourth-order valence-corrected chi connectivity index (χ4v) is 3.60. The third-order valence-corrected chi connectivity index (χ3v) is 6.22. The first-order chi connectivity index (χ1) is 7.64. The summed E-state index contributed by atoms with van der Waals surface area (Å²) in [6, 6.07) is 0. The van der Waals surface area contributed by atoms with Gasteiger partial charge in [-0.25, -0.2) is 0 Å². The molecular formula is C12H21NOS2. The maximum Gasteiger partial charge on any atom is 0.220 e. The van der Waals surface area contributed by atoms with Gasteiger partial charge in [-0.3, -0.25) is 4.79 Å². The lowest BCUT2D eigenvalue weighted by molar-refractivity contribution is -0.122. The molecule has 0 aromatic carbocycles. The van der Waals surface area contributed by atoms with Crippen LogP contribution in [0.15, 0.2) is 0 Å². The van der Waals surface area contributed by atoms with Crippen molar-refractivity contribution in [2.45, 2.75) is 43.3 Å². The number of thiol groups is 1. The average molecular weight is 259 g/mol. The molecule has 2 nitrogen and oxygen atoms in total. The van der Waals surface area contributed by atoms with Gasteiger partial charge in [0.1, 0.15) is 0 Å². The summed E-state index contributed by atoms with van der Waals surface area (Å²) >= 11 is 6.24. The highest BCUT2D eigenvalue weighted by Gasteiger charge is 2.43. The van der Waals surface area contributed by atoms with Crippen LogP contribution in [0.4, 0.5) is 0 Å². The minimum absolute atomic E-state index is 0.229. The fraction of sp³-hybridized carbons (Fsp3) is 0.917. The second-order valence-electron chi connectivity index (χ2n) is 5.35. The number of rotatable bonds is 6. The molecule has 92 valence electrons. The van der Waals surface area contributed by atoms with E-state index >= 15 is 0 Å². The normalized spacial score (nSPS) is 24.6. The summed E-state index contributed by atoms with van der Waals surface area (Å²) in [5, 5.41) is 3.11. The number of carbonyl (C=O) groups is 1. The number of thioether (sulfide) groups is 1. The Labute approximate surface area is 108 Å². The molecule has 0 unspecified atom stereocenters. The first-order valence-corrected chi connectivity index (χ1v) is 7.92. The van der Waals surface area contributed by atoms with Gasteiger partial charge in [0.15, 0.2) is 0 Å². The van der Waals surface area contributed by atoms with E-state index in [0.29, 0.717) is 11.2 Å². The van der Waals surface area contributed by atoms with Crippen LogP contribution in [-0.2, 0) is 4.79 Å². The molecule has 0 aliphatic heterocycles. The Bertz CT molecular complexity index is 267. The van der Waals surface area contributed by atoms with E-state index in [1.54, 1.807) is 0 Å². The Balaban J connectivity index is 1.71. The average Bonchev–Trinajstić information content (AvgIpc) is 2.98. The van der Waals surface area contributed by atoms with Crippen molar-refractivity contribution in [1.29, 1.82) is 0 Å². The predicted molar refractivity (Wildman–Crippen MR) is 73.2 cm³/mol. The van der Waals surface area contributed by atoms with Crippen molar-refractivity contribution >= 4 is 30.3 Å². The molecule has 0 aromatic rings. The zero-order valence-electron chi connectivity index (χ0n) is 9.92. The third-order valence-electron chi connectivity index (χ3n) is 4.13. The zero-order chi connectivity index (χ0) is 11.6. The number of carbonyl (C=O) groups excluding carboxylic acids is 1. The van der Waals surface area contributed by atoms with Crippen LogP contribution in [0, 0.1) is 5.41 Å². The molecule has 0 radical (unpaired) electrons. The van der Waals surface area contributed by atoms with Crippen molar-refractivity contribution in [3.8, 4) is 0 Å². The standard InChI is InChI=1S/C12H21NOS2/c1-16-12(3-2-4-12)8-13-10(14)7-11(9-15)5-6-11/h15H,2-9H2,1H3,(H,13,14). The Kier molecular flexibility index (Phi) is 3.79. The molecule has 0 atom stereocenters. The number of hydrogen-bond acceptors (Lipinski definition) is 3. The summed E-state index contributed by atoms with van der Waals surface area (Å²) in [7, 11) is 0. The summed E-state index contributed by atoms with van der Waals surface area (Å²) in [4.78, 5) is 11.8. The van der Waals surface area contributed by atoms with E-state index in [9.17, 15) is 4.79 Å². The van der Waals surface area contributed by atoms with Crippen molar-refractivity contribution in [2.75, 3.05) is 18.6 Å². The zero-order valence-corrected chi connectivity index (χ0v) is 11.6. The molecule has 0 heterocycles. The van der Waals surface area contributed by atoms with Crippen LogP contribution in [0.5, 0.6) is 0 Å². The van der Waals surface area contributed by atoms with Crippen LogP contribution in [0.2, 0.25) is 0 Å². The van der Waals surface area contributed by atoms with Crippen LogP contribution in [0.1, 0.15) is 38.5 Å². The second-order valence-corrected chi connectivity index (χ2v) is 6.94. The molecule has 0 bridgehead atoms. The molecule has 2 saturated carbocycles. The molecule has 2 aliphatic rings. The van der Waals surface area contributed by atoms with Crippen molar-refractivity contribution in [3.05, 3.63) is 0 Å². The molecule has 4 heteroatoms. The van der Waals surface area contributed by atoms with E-state index in [2.05, 4.69) is 24.2 Å². The van der Waals surface area contributed by atoms with Gasteiger partial charge in [0.2, 0.25) is 5.91 Å².